The number of hydrogen-bond acceptors (Lipinski definition) is 10. The molecule has 1 unspecified atom stereocenters. The van der Waals surface area contributed by atoms with Gasteiger partial charge in [-0.25, -0.2) is 14.5 Å². The smallest absolute Gasteiger partial charge is 0.422 e. The minimum absolute atomic E-state index is 0.0522. The number of amides is 1. The van der Waals surface area contributed by atoms with E-state index in [-0.39, 0.29) is 24.6 Å². The number of benzene rings is 2. The molecule has 2 aromatic carbocycles. The largest absolute Gasteiger partial charge is 0.453 e. The van der Waals surface area contributed by atoms with Crippen LogP contribution in [0, 0.1) is 5.92 Å². The lowest BCUT2D eigenvalue weighted by Gasteiger charge is -2.46. The van der Waals surface area contributed by atoms with E-state index in [2.05, 4.69) is 15.0 Å². The van der Waals surface area contributed by atoms with E-state index >= 15 is 0 Å². The number of esters is 2. The molecule has 3 aliphatic rings. The Morgan fingerprint density at radius 2 is 1.75 bits per heavy atom. The minimum Gasteiger partial charge on any atom is -0.453 e. The molecule has 2 saturated heterocycles. The van der Waals surface area contributed by atoms with Crippen molar-refractivity contribution in [3.63, 3.8) is 0 Å². The highest BCUT2D eigenvalue weighted by molar-refractivity contribution is 6.31. The summed E-state index contributed by atoms with van der Waals surface area (Å²) < 4.78 is 22.6. The molecule has 5 heterocycles. The fourth-order valence-electron chi connectivity index (χ4n) is 5.91. The Morgan fingerprint density at radius 1 is 1.00 bits per heavy atom. The molecule has 7 rings (SSSR count). The number of aryl methyl sites for hydroxylation is 1. The second-order valence-corrected chi connectivity index (χ2v) is 10.3. The number of furan rings is 1. The molecule has 2 aromatic heterocycles. The second kappa shape index (κ2) is 9.60. The van der Waals surface area contributed by atoms with Crippen molar-refractivity contribution < 1.29 is 32.8 Å². The lowest BCUT2D eigenvalue weighted by atomic mass is 9.87. The predicted molar refractivity (Wildman–Crippen MR) is 140 cm³/mol. The number of nitrogens with zero attached hydrogens (tertiary/aromatic N) is 4. The zero-order valence-corrected chi connectivity index (χ0v) is 21.6. The third-order valence-corrected chi connectivity index (χ3v) is 7.76. The van der Waals surface area contributed by atoms with Crippen molar-refractivity contribution in [1.29, 1.82) is 0 Å². The van der Waals surface area contributed by atoms with Gasteiger partial charge >= 0.3 is 17.8 Å². The van der Waals surface area contributed by atoms with Gasteiger partial charge in [0.15, 0.2) is 5.76 Å². The molecule has 0 N–H and O–H groups in total. The molecule has 3 aliphatic heterocycles. The van der Waals surface area contributed by atoms with E-state index in [1.807, 2.05) is 42.5 Å². The number of likely N-dealkylation sites (tertiary alicyclic amines) is 1. The second-order valence-electron chi connectivity index (χ2n) is 10.3. The van der Waals surface area contributed by atoms with Gasteiger partial charge in [0.1, 0.15) is 5.58 Å². The third kappa shape index (κ3) is 4.13. The van der Waals surface area contributed by atoms with Crippen LogP contribution in [0.1, 0.15) is 30.7 Å². The van der Waals surface area contributed by atoms with Crippen LogP contribution in [0.3, 0.4) is 0 Å². The van der Waals surface area contributed by atoms with Gasteiger partial charge in [0.2, 0.25) is 17.6 Å². The van der Waals surface area contributed by atoms with E-state index in [9.17, 15) is 14.4 Å². The first-order chi connectivity index (χ1) is 19.5. The van der Waals surface area contributed by atoms with Gasteiger partial charge in [0.25, 0.3) is 0 Å². The van der Waals surface area contributed by atoms with Crippen LogP contribution in [0.2, 0.25) is 0 Å². The average molecular weight is 543 g/mol. The maximum atomic E-state index is 13.9. The molecule has 1 amide bonds. The van der Waals surface area contributed by atoms with Gasteiger partial charge in [-0.05, 0) is 56.1 Å². The molecule has 1 atom stereocenters. The highest BCUT2D eigenvalue weighted by atomic mass is 16.8. The zero-order chi connectivity index (χ0) is 27.3. The SMILES string of the molecule is O=C1OC2(OC1=O)C(CN1CCCC1)Cc1ccccc1N2C(=O)CCc1nc(-c2cc3ccccc3o2)no1. The summed E-state index contributed by atoms with van der Waals surface area (Å²) in [6, 6.07) is 16.8. The standard InChI is InChI=1S/C29H26N4O7/c34-25(12-11-24-30-26(31-40-24)23-16-19-8-2-4-10-22(19)37-23)33-21-9-3-1-7-18(21)15-20(17-32-13-5-6-14-32)29(33)38-27(35)28(36)39-29/h1-4,7-10,16,20H,5-6,11-15,17H2. The monoisotopic (exact) mass is 542 g/mol. The Morgan fingerprint density at radius 3 is 2.55 bits per heavy atom. The lowest BCUT2D eigenvalue weighted by molar-refractivity contribution is -0.207. The van der Waals surface area contributed by atoms with E-state index < -0.39 is 29.7 Å². The molecule has 11 nitrogen and oxygen atoms in total. The van der Waals surface area contributed by atoms with Crippen LogP contribution in [0.5, 0.6) is 0 Å². The number of carbonyl (C=O) groups is 3. The van der Waals surface area contributed by atoms with Crippen LogP contribution in [-0.4, -0.2) is 58.4 Å². The number of fused-ring (bicyclic) bond motifs is 2. The maximum Gasteiger partial charge on any atom is 0.422 e. The Labute approximate surface area is 228 Å². The zero-order valence-electron chi connectivity index (χ0n) is 21.6. The fraction of sp³-hybridized carbons (Fsp3) is 0.345. The van der Waals surface area contributed by atoms with E-state index in [1.54, 1.807) is 12.1 Å². The summed E-state index contributed by atoms with van der Waals surface area (Å²) in [7, 11) is 0. The van der Waals surface area contributed by atoms with Gasteiger partial charge in [-0.15, -0.1) is 0 Å². The van der Waals surface area contributed by atoms with Crippen LogP contribution >= 0.6 is 0 Å². The molecule has 0 bridgehead atoms. The highest BCUT2D eigenvalue weighted by Crippen LogP contribution is 2.45. The molecular weight excluding hydrogens is 516 g/mol. The first-order valence-electron chi connectivity index (χ1n) is 13.4. The molecule has 1 spiro atoms. The summed E-state index contributed by atoms with van der Waals surface area (Å²) >= 11 is 0. The molecule has 11 heteroatoms. The number of ether oxygens (including phenoxy) is 2. The van der Waals surface area contributed by atoms with Crippen LogP contribution in [0.4, 0.5) is 5.69 Å². The summed E-state index contributed by atoms with van der Waals surface area (Å²) in [5, 5.41) is 4.93. The molecule has 0 aliphatic carbocycles. The van der Waals surface area contributed by atoms with Crippen LogP contribution in [0.25, 0.3) is 22.6 Å². The summed E-state index contributed by atoms with van der Waals surface area (Å²) in [4.78, 5) is 46.7. The maximum absolute atomic E-state index is 13.9. The van der Waals surface area contributed by atoms with Gasteiger partial charge in [-0.2, -0.15) is 4.98 Å². The first kappa shape index (κ1) is 24.5. The predicted octanol–water partition coefficient (Wildman–Crippen LogP) is 3.47. The Bertz CT molecular complexity index is 1570. The molecule has 0 saturated carbocycles. The van der Waals surface area contributed by atoms with Gasteiger partial charge in [-0.3, -0.25) is 4.79 Å². The van der Waals surface area contributed by atoms with E-state index in [0.29, 0.717) is 30.0 Å². The first-order valence-corrected chi connectivity index (χ1v) is 13.4. The summed E-state index contributed by atoms with van der Waals surface area (Å²) in [6.07, 6.45) is 2.70. The molecule has 0 radical (unpaired) electrons. The molecule has 204 valence electrons. The van der Waals surface area contributed by atoms with Gasteiger partial charge < -0.3 is 23.3 Å². The minimum atomic E-state index is -1.85. The molecule has 4 aromatic rings. The summed E-state index contributed by atoms with van der Waals surface area (Å²) in [5.74, 6) is -3.92. The van der Waals surface area contributed by atoms with Gasteiger partial charge in [0.05, 0.1) is 11.6 Å². The third-order valence-electron chi connectivity index (χ3n) is 7.76. The summed E-state index contributed by atoms with van der Waals surface area (Å²) in [5.41, 5.74) is 2.16. The van der Waals surface area contributed by atoms with Crippen molar-refractivity contribution in [2.45, 2.75) is 38.0 Å². The topological polar surface area (TPSA) is 128 Å². The molecule has 2 fully saturated rings. The Balaban J connectivity index is 1.17. The molecular formula is C29H26N4O7. The highest BCUT2D eigenvalue weighted by Gasteiger charge is 2.62. The van der Waals surface area contributed by atoms with E-state index in [1.165, 1.54) is 4.90 Å². The van der Waals surface area contributed by atoms with Gasteiger partial charge in [0, 0.05) is 24.8 Å². The van der Waals surface area contributed by atoms with Crippen molar-refractivity contribution in [3.05, 3.63) is 66.1 Å². The summed E-state index contributed by atoms with van der Waals surface area (Å²) in [6.45, 7) is 2.31. The number of anilines is 1. The van der Waals surface area contributed by atoms with Crippen molar-refractivity contribution >= 4 is 34.5 Å². The number of rotatable bonds is 6. The Kier molecular flexibility index (Phi) is 5.88. The average Bonchev–Trinajstić information content (AvgIpc) is 3.76. The van der Waals surface area contributed by atoms with Crippen molar-refractivity contribution in [2.24, 2.45) is 5.92 Å². The van der Waals surface area contributed by atoms with Crippen molar-refractivity contribution in [2.75, 3.05) is 24.5 Å². The van der Waals surface area contributed by atoms with Crippen LogP contribution < -0.4 is 4.90 Å². The van der Waals surface area contributed by atoms with Crippen LogP contribution in [0.15, 0.2) is 63.5 Å². The number of hydrogen-bond donors (Lipinski definition) is 0. The normalized spacial score (nSPS) is 20.2. The number of para-hydroxylation sites is 2. The Hall–Kier alpha value is -4.51. The number of aromatic nitrogens is 2. The van der Waals surface area contributed by atoms with Crippen molar-refractivity contribution in [1.82, 2.24) is 15.0 Å². The lowest BCUT2D eigenvalue weighted by Crippen LogP contribution is -2.63. The fourth-order valence-corrected chi connectivity index (χ4v) is 5.91. The van der Waals surface area contributed by atoms with Crippen molar-refractivity contribution in [3.8, 4) is 11.6 Å². The van der Waals surface area contributed by atoms with E-state index in [4.69, 9.17) is 18.4 Å². The van der Waals surface area contributed by atoms with Gasteiger partial charge in [-0.1, -0.05) is 41.6 Å². The molecule has 40 heavy (non-hydrogen) atoms. The quantitative estimate of drug-likeness (QED) is 0.264. The number of carbonyl (C=O) groups excluding carboxylic acids is 3. The van der Waals surface area contributed by atoms with E-state index in [0.717, 1.165) is 36.9 Å². The van der Waals surface area contributed by atoms with Crippen LogP contribution in [-0.2, 0) is 36.7 Å².